The maximum Gasteiger partial charge on any atom is 0.315 e. The third kappa shape index (κ3) is 3.85. The highest BCUT2D eigenvalue weighted by Gasteiger charge is 2.40. The molecule has 104 valence electrons. The van der Waals surface area contributed by atoms with Gasteiger partial charge in [-0.2, -0.15) is 0 Å². The van der Waals surface area contributed by atoms with Crippen molar-refractivity contribution in [3.63, 3.8) is 0 Å². The van der Waals surface area contributed by atoms with Crippen molar-refractivity contribution in [3.05, 3.63) is 34.9 Å². The number of hydrogen-bond acceptors (Lipinski definition) is 2. The summed E-state index contributed by atoms with van der Waals surface area (Å²) >= 11 is 5.89. The first-order chi connectivity index (χ1) is 9.11. The van der Waals surface area contributed by atoms with Crippen LogP contribution in [0.5, 0.6) is 0 Å². The number of urea groups is 1. The van der Waals surface area contributed by atoms with Gasteiger partial charge in [0.1, 0.15) is 0 Å². The predicted octanol–water partition coefficient (Wildman–Crippen LogP) is 2.33. The number of halogens is 1. The molecule has 0 saturated heterocycles. The van der Waals surface area contributed by atoms with Crippen LogP contribution < -0.4 is 10.6 Å². The van der Waals surface area contributed by atoms with Crippen molar-refractivity contribution in [3.8, 4) is 0 Å². The minimum absolute atomic E-state index is 0.00552. The van der Waals surface area contributed by atoms with Gasteiger partial charge in [-0.05, 0) is 36.0 Å². The maximum absolute atomic E-state index is 11.7. The molecule has 1 aliphatic rings. The van der Waals surface area contributed by atoms with Crippen molar-refractivity contribution < 1.29 is 9.90 Å². The lowest BCUT2D eigenvalue weighted by Gasteiger charge is -2.19. The van der Waals surface area contributed by atoms with E-state index in [2.05, 4.69) is 17.6 Å². The first-order valence-corrected chi connectivity index (χ1v) is 6.90. The van der Waals surface area contributed by atoms with Gasteiger partial charge >= 0.3 is 6.03 Å². The average molecular weight is 283 g/mol. The lowest BCUT2D eigenvalue weighted by molar-refractivity contribution is 0.229. The van der Waals surface area contributed by atoms with Crippen LogP contribution in [0.3, 0.4) is 0 Å². The molecule has 0 heterocycles. The quantitative estimate of drug-likeness (QED) is 0.776. The number of aliphatic hydroxyl groups is 1. The summed E-state index contributed by atoms with van der Waals surface area (Å²) in [6.07, 6.45) is 1.12. The molecule has 1 aliphatic carbocycles. The van der Waals surface area contributed by atoms with Crippen LogP contribution in [0.15, 0.2) is 24.3 Å². The van der Waals surface area contributed by atoms with E-state index in [4.69, 9.17) is 16.7 Å². The van der Waals surface area contributed by atoms with Gasteiger partial charge in [0.25, 0.3) is 0 Å². The Morgan fingerprint density at radius 1 is 1.47 bits per heavy atom. The van der Waals surface area contributed by atoms with Gasteiger partial charge in [0, 0.05) is 11.6 Å². The minimum atomic E-state index is -0.242. The van der Waals surface area contributed by atoms with E-state index in [9.17, 15) is 4.79 Å². The number of carbonyl (C=O) groups is 1. The number of hydrogen-bond donors (Lipinski definition) is 3. The average Bonchev–Trinajstić information content (AvgIpc) is 3.11. The van der Waals surface area contributed by atoms with E-state index in [1.807, 2.05) is 24.3 Å². The van der Waals surface area contributed by atoms with Crippen molar-refractivity contribution in [2.45, 2.75) is 19.4 Å². The van der Waals surface area contributed by atoms with Crippen LogP contribution in [0.4, 0.5) is 4.79 Å². The standard InChI is InChI=1S/C14H19ClN2O2/c1-9-8-12(9)13(17-14(19)16-6-7-18)10-2-4-11(15)5-3-10/h2-5,9,12-13,18H,6-8H2,1H3,(H2,16,17,19). The summed E-state index contributed by atoms with van der Waals surface area (Å²) in [6, 6.07) is 7.34. The topological polar surface area (TPSA) is 61.4 Å². The van der Waals surface area contributed by atoms with Gasteiger partial charge in [0.2, 0.25) is 0 Å². The molecule has 4 nitrogen and oxygen atoms in total. The Labute approximate surface area is 118 Å². The number of rotatable bonds is 5. The second-order valence-electron chi connectivity index (χ2n) is 5.03. The summed E-state index contributed by atoms with van der Waals surface area (Å²) in [5, 5.41) is 15.0. The molecule has 2 rings (SSSR count). The fraction of sp³-hybridized carbons (Fsp3) is 0.500. The number of benzene rings is 1. The number of nitrogens with one attached hydrogen (secondary N) is 2. The highest BCUT2D eigenvalue weighted by Crippen LogP contribution is 2.47. The van der Waals surface area contributed by atoms with Crippen LogP contribution >= 0.6 is 11.6 Å². The monoisotopic (exact) mass is 282 g/mol. The summed E-state index contributed by atoms with van der Waals surface area (Å²) in [4.78, 5) is 11.7. The molecular formula is C14H19ClN2O2. The molecule has 19 heavy (non-hydrogen) atoms. The molecular weight excluding hydrogens is 264 g/mol. The van der Waals surface area contributed by atoms with Gasteiger partial charge in [0.15, 0.2) is 0 Å². The number of aliphatic hydroxyl groups excluding tert-OH is 1. The van der Waals surface area contributed by atoms with Crippen molar-refractivity contribution in [2.24, 2.45) is 11.8 Å². The van der Waals surface area contributed by atoms with Crippen molar-refractivity contribution in [2.75, 3.05) is 13.2 Å². The van der Waals surface area contributed by atoms with E-state index in [0.717, 1.165) is 12.0 Å². The highest BCUT2D eigenvalue weighted by molar-refractivity contribution is 6.30. The van der Waals surface area contributed by atoms with Crippen molar-refractivity contribution >= 4 is 17.6 Å². The van der Waals surface area contributed by atoms with Crippen LogP contribution in [0, 0.1) is 11.8 Å². The van der Waals surface area contributed by atoms with Crippen LogP contribution in [0.25, 0.3) is 0 Å². The van der Waals surface area contributed by atoms with Gasteiger partial charge in [-0.15, -0.1) is 0 Å². The molecule has 1 saturated carbocycles. The summed E-state index contributed by atoms with van der Waals surface area (Å²) < 4.78 is 0. The smallest absolute Gasteiger partial charge is 0.315 e. The molecule has 2 amide bonds. The Bertz CT molecular complexity index is 436. The third-order valence-corrected chi connectivity index (χ3v) is 3.76. The normalized spacial score (nSPS) is 22.7. The maximum atomic E-state index is 11.7. The molecule has 0 aliphatic heterocycles. The second kappa shape index (κ2) is 6.26. The Balaban J connectivity index is 2.04. The number of amides is 2. The van der Waals surface area contributed by atoms with E-state index < -0.39 is 0 Å². The molecule has 3 atom stereocenters. The Kier molecular flexibility index (Phi) is 4.66. The van der Waals surface area contributed by atoms with E-state index in [-0.39, 0.29) is 25.2 Å². The lowest BCUT2D eigenvalue weighted by atomic mass is 10.0. The first-order valence-electron chi connectivity index (χ1n) is 6.52. The van der Waals surface area contributed by atoms with Gasteiger partial charge < -0.3 is 15.7 Å². The van der Waals surface area contributed by atoms with Gasteiger partial charge in [-0.25, -0.2) is 4.79 Å². The Morgan fingerprint density at radius 3 is 2.63 bits per heavy atom. The first kappa shape index (κ1) is 14.2. The molecule has 5 heteroatoms. The minimum Gasteiger partial charge on any atom is -0.395 e. The van der Waals surface area contributed by atoms with E-state index in [1.54, 1.807) is 0 Å². The van der Waals surface area contributed by atoms with E-state index in [0.29, 0.717) is 16.9 Å². The zero-order chi connectivity index (χ0) is 13.8. The molecule has 1 aromatic rings. The molecule has 0 bridgehead atoms. The third-order valence-electron chi connectivity index (χ3n) is 3.51. The Hall–Kier alpha value is -1.26. The fourth-order valence-electron chi connectivity index (χ4n) is 2.28. The second-order valence-corrected chi connectivity index (χ2v) is 5.47. The van der Waals surface area contributed by atoms with Gasteiger partial charge in [-0.1, -0.05) is 30.7 Å². The largest absolute Gasteiger partial charge is 0.395 e. The van der Waals surface area contributed by atoms with Crippen molar-refractivity contribution in [1.29, 1.82) is 0 Å². The zero-order valence-corrected chi connectivity index (χ0v) is 11.7. The molecule has 3 N–H and O–H groups in total. The molecule has 0 aromatic heterocycles. The lowest BCUT2D eigenvalue weighted by Crippen LogP contribution is -2.40. The van der Waals surface area contributed by atoms with Crippen LogP contribution in [-0.4, -0.2) is 24.3 Å². The molecule has 3 unspecified atom stereocenters. The van der Waals surface area contributed by atoms with Gasteiger partial charge in [-0.3, -0.25) is 0 Å². The SMILES string of the molecule is CC1CC1C(NC(=O)NCCO)c1ccc(Cl)cc1. The van der Waals surface area contributed by atoms with E-state index in [1.165, 1.54) is 0 Å². The highest BCUT2D eigenvalue weighted by atomic mass is 35.5. The van der Waals surface area contributed by atoms with Crippen LogP contribution in [-0.2, 0) is 0 Å². The summed E-state index contributed by atoms with van der Waals surface area (Å²) in [5.74, 6) is 1.10. The van der Waals surface area contributed by atoms with Crippen molar-refractivity contribution in [1.82, 2.24) is 10.6 Å². The summed E-state index contributed by atoms with van der Waals surface area (Å²) in [7, 11) is 0. The predicted molar refractivity (Wildman–Crippen MR) is 75.1 cm³/mol. The van der Waals surface area contributed by atoms with Crippen LogP contribution in [0.1, 0.15) is 24.9 Å². The zero-order valence-electron chi connectivity index (χ0n) is 10.9. The molecule has 0 radical (unpaired) electrons. The molecule has 0 spiro atoms. The van der Waals surface area contributed by atoms with Gasteiger partial charge in [0.05, 0.1) is 12.6 Å². The summed E-state index contributed by atoms with van der Waals surface area (Å²) in [6.45, 7) is 2.39. The summed E-state index contributed by atoms with van der Waals surface area (Å²) in [5.41, 5.74) is 1.07. The fourth-order valence-corrected chi connectivity index (χ4v) is 2.41. The van der Waals surface area contributed by atoms with E-state index >= 15 is 0 Å². The Morgan fingerprint density at radius 2 is 2.11 bits per heavy atom. The van der Waals surface area contributed by atoms with Crippen LogP contribution in [0.2, 0.25) is 5.02 Å². The molecule has 1 aromatic carbocycles. The molecule has 1 fully saturated rings. The number of carbonyl (C=O) groups excluding carboxylic acids is 1.